The summed E-state index contributed by atoms with van der Waals surface area (Å²) in [6.45, 7) is 3.42. The van der Waals surface area contributed by atoms with Crippen LogP contribution in [0.1, 0.15) is 31.1 Å². The van der Waals surface area contributed by atoms with Crippen LogP contribution in [0.25, 0.3) is 0 Å². The fraction of sp³-hybridized carbons (Fsp3) is 0.636. The van der Waals surface area contributed by atoms with E-state index in [1.165, 1.54) is 24.1 Å². The van der Waals surface area contributed by atoms with Crippen molar-refractivity contribution in [2.75, 3.05) is 0 Å². The Hall–Kier alpha value is -0.340. The van der Waals surface area contributed by atoms with Gasteiger partial charge in [0.1, 0.15) is 0 Å². The molecule has 1 aromatic heterocycles. The van der Waals surface area contributed by atoms with Crippen molar-refractivity contribution < 1.29 is 0 Å². The van der Waals surface area contributed by atoms with Crippen molar-refractivity contribution in [2.45, 2.75) is 38.8 Å². The first kappa shape index (κ1) is 9.22. The zero-order valence-electron chi connectivity index (χ0n) is 8.12. The topological polar surface area (TPSA) is 12.0 Å². The van der Waals surface area contributed by atoms with E-state index >= 15 is 0 Å². The summed E-state index contributed by atoms with van der Waals surface area (Å²) in [5.41, 5.74) is 0. The molecule has 72 valence electrons. The second-order valence-corrected chi connectivity index (χ2v) is 5.11. The third-order valence-electron chi connectivity index (χ3n) is 2.84. The first-order chi connectivity index (χ1) is 6.34. The third-order valence-corrected chi connectivity index (χ3v) is 3.72. The van der Waals surface area contributed by atoms with Gasteiger partial charge in [0, 0.05) is 17.5 Å². The molecule has 0 radical (unpaired) electrons. The highest BCUT2D eigenvalue weighted by Crippen LogP contribution is 2.24. The van der Waals surface area contributed by atoms with Gasteiger partial charge >= 0.3 is 0 Å². The highest BCUT2D eigenvalue weighted by molar-refractivity contribution is 7.09. The minimum absolute atomic E-state index is 0.775. The molecule has 1 aliphatic carbocycles. The Balaban J connectivity index is 1.74. The predicted molar refractivity (Wildman–Crippen MR) is 58.0 cm³/mol. The summed E-state index contributed by atoms with van der Waals surface area (Å²) in [7, 11) is 0. The Morgan fingerprint density at radius 2 is 2.46 bits per heavy atom. The SMILES string of the molecule is CC1CCC(NCc2cccs2)C1. The van der Waals surface area contributed by atoms with Gasteiger partial charge in [-0.3, -0.25) is 0 Å². The molecule has 1 aromatic rings. The molecule has 0 bridgehead atoms. The zero-order chi connectivity index (χ0) is 9.10. The van der Waals surface area contributed by atoms with E-state index in [1.54, 1.807) is 0 Å². The van der Waals surface area contributed by atoms with Gasteiger partial charge in [0.25, 0.3) is 0 Å². The van der Waals surface area contributed by atoms with Gasteiger partial charge in [-0.15, -0.1) is 11.3 Å². The maximum atomic E-state index is 3.62. The molecule has 1 N–H and O–H groups in total. The molecule has 1 nitrogen and oxygen atoms in total. The van der Waals surface area contributed by atoms with E-state index in [-0.39, 0.29) is 0 Å². The van der Waals surface area contributed by atoms with E-state index < -0.39 is 0 Å². The smallest absolute Gasteiger partial charge is 0.0302 e. The molecular formula is C11H17NS. The van der Waals surface area contributed by atoms with Gasteiger partial charge in [-0.1, -0.05) is 13.0 Å². The van der Waals surface area contributed by atoms with Crippen LogP contribution in [-0.4, -0.2) is 6.04 Å². The van der Waals surface area contributed by atoms with Crippen LogP contribution in [0.3, 0.4) is 0 Å². The molecule has 1 heterocycles. The van der Waals surface area contributed by atoms with Crippen molar-refractivity contribution in [2.24, 2.45) is 5.92 Å². The van der Waals surface area contributed by atoms with Crippen molar-refractivity contribution >= 4 is 11.3 Å². The molecule has 2 heteroatoms. The molecular weight excluding hydrogens is 178 g/mol. The van der Waals surface area contributed by atoms with Crippen molar-refractivity contribution in [3.63, 3.8) is 0 Å². The fourth-order valence-electron chi connectivity index (χ4n) is 2.05. The van der Waals surface area contributed by atoms with Gasteiger partial charge in [0.15, 0.2) is 0 Å². The standard InChI is InChI=1S/C11H17NS/c1-9-4-5-10(7-9)12-8-11-3-2-6-13-11/h2-3,6,9-10,12H,4-5,7-8H2,1H3. The molecule has 0 aromatic carbocycles. The number of hydrogen-bond donors (Lipinski definition) is 1. The highest BCUT2D eigenvalue weighted by Gasteiger charge is 2.20. The first-order valence-corrected chi connectivity index (χ1v) is 5.98. The quantitative estimate of drug-likeness (QED) is 0.781. The van der Waals surface area contributed by atoms with Crippen LogP contribution < -0.4 is 5.32 Å². The molecule has 1 fully saturated rings. The summed E-state index contributed by atoms with van der Waals surface area (Å²) in [5, 5.41) is 5.77. The number of rotatable bonds is 3. The zero-order valence-corrected chi connectivity index (χ0v) is 8.94. The minimum atomic E-state index is 0.775. The van der Waals surface area contributed by atoms with Gasteiger partial charge in [-0.2, -0.15) is 0 Å². The molecule has 0 aliphatic heterocycles. The molecule has 2 rings (SSSR count). The van der Waals surface area contributed by atoms with Crippen LogP contribution in [0.2, 0.25) is 0 Å². The van der Waals surface area contributed by atoms with Crippen LogP contribution in [-0.2, 0) is 6.54 Å². The largest absolute Gasteiger partial charge is 0.309 e. The summed E-state index contributed by atoms with van der Waals surface area (Å²) in [5.74, 6) is 0.931. The van der Waals surface area contributed by atoms with Crippen LogP contribution >= 0.6 is 11.3 Å². The molecule has 0 saturated heterocycles. The number of hydrogen-bond acceptors (Lipinski definition) is 2. The summed E-state index contributed by atoms with van der Waals surface area (Å²) in [6.07, 6.45) is 4.14. The molecule has 1 saturated carbocycles. The average molecular weight is 195 g/mol. The Morgan fingerprint density at radius 1 is 1.54 bits per heavy atom. The Labute approximate surface area is 84.2 Å². The lowest BCUT2D eigenvalue weighted by molar-refractivity contribution is 0.504. The Kier molecular flexibility index (Phi) is 3.01. The molecule has 2 unspecified atom stereocenters. The first-order valence-electron chi connectivity index (χ1n) is 5.10. The van der Waals surface area contributed by atoms with Gasteiger partial charge < -0.3 is 5.32 Å². The average Bonchev–Trinajstić information content (AvgIpc) is 2.71. The second-order valence-electron chi connectivity index (χ2n) is 4.08. The van der Waals surface area contributed by atoms with Crippen molar-refractivity contribution in [3.05, 3.63) is 22.4 Å². The van der Waals surface area contributed by atoms with E-state index in [4.69, 9.17) is 0 Å². The van der Waals surface area contributed by atoms with E-state index in [1.807, 2.05) is 11.3 Å². The summed E-state index contributed by atoms with van der Waals surface area (Å²) < 4.78 is 0. The van der Waals surface area contributed by atoms with E-state index in [0.29, 0.717) is 0 Å². The number of thiophene rings is 1. The van der Waals surface area contributed by atoms with Crippen molar-refractivity contribution in [3.8, 4) is 0 Å². The van der Waals surface area contributed by atoms with Crippen molar-refractivity contribution in [1.82, 2.24) is 5.32 Å². The van der Waals surface area contributed by atoms with E-state index in [2.05, 4.69) is 29.8 Å². The minimum Gasteiger partial charge on any atom is -0.309 e. The molecule has 1 aliphatic rings. The van der Waals surface area contributed by atoms with E-state index in [9.17, 15) is 0 Å². The fourth-order valence-corrected chi connectivity index (χ4v) is 2.71. The molecule has 13 heavy (non-hydrogen) atoms. The second kappa shape index (κ2) is 4.25. The lowest BCUT2D eigenvalue weighted by Crippen LogP contribution is -2.25. The highest BCUT2D eigenvalue weighted by atomic mass is 32.1. The van der Waals surface area contributed by atoms with Gasteiger partial charge in [0.05, 0.1) is 0 Å². The maximum Gasteiger partial charge on any atom is 0.0302 e. The normalized spacial score (nSPS) is 28.1. The van der Waals surface area contributed by atoms with Crippen LogP contribution in [0, 0.1) is 5.92 Å². The Bertz CT molecular complexity index is 243. The summed E-state index contributed by atoms with van der Waals surface area (Å²) in [4.78, 5) is 1.46. The van der Waals surface area contributed by atoms with Crippen LogP contribution in [0.5, 0.6) is 0 Å². The van der Waals surface area contributed by atoms with Crippen LogP contribution in [0.4, 0.5) is 0 Å². The lowest BCUT2D eigenvalue weighted by Gasteiger charge is -2.10. The van der Waals surface area contributed by atoms with Gasteiger partial charge in [0.2, 0.25) is 0 Å². The predicted octanol–water partition coefficient (Wildman–Crippen LogP) is 3.03. The number of nitrogens with one attached hydrogen (secondary N) is 1. The van der Waals surface area contributed by atoms with Gasteiger partial charge in [-0.05, 0) is 36.6 Å². The van der Waals surface area contributed by atoms with Crippen LogP contribution in [0.15, 0.2) is 17.5 Å². The monoisotopic (exact) mass is 195 g/mol. The third kappa shape index (κ3) is 2.55. The summed E-state index contributed by atoms with van der Waals surface area (Å²) >= 11 is 1.84. The molecule has 2 atom stereocenters. The maximum absolute atomic E-state index is 3.62. The molecule has 0 amide bonds. The van der Waals surface area contributed by atoms with E-state index in [0.717, 1.165) is 18.5 Å². The summed E-state index contributed by atoms with van der Waals surface area (Å²) in [6, 6.07) is 5.10. The Morgan fingerprint density at radius 3 is 3.08 bits per heavy atom. The van der Waals surface area contributed by atoms with Crippen molar-refractivity contribution in [1.29, 1.82) is 0 Å². The lowest BCUT2D eigenvalue weighted by atomic mass is 10.1. The molecule has 0 spiro atoms. The van der Waals surface area contributed by atoms with Gasteiger partial charge in [-0.25, -0.2) is 0 Å².